The third-order valence-electron chi connectivity index (χ3n) is 9.91. The van der Waals surface area contributed by atoms with Crippen LogP contribution in [-0.2, 0) is 0 Å². The van der Waals surface area contributed by atoms with Gasteiger partial charge in [0.25, 0.3) is 0 Å². The fourth-order valence-corrected chi connectivity index (χ4v) is 7.53. The topological polar surface area (TPSA) is 77.8 Å². The van der Waals surface area contributed by atoms with Crippen molar-refractivity contribution in [3.8, 4) is 45.4 Å². The molecular weight excluding hydrogens is 641 g/mol. The van der Waals surface area contributed by atoms with Crippen LogP contribution in [0.25, 0.3) is 111 Å². The number of hydrogen-bond donors (Lipinski definition) is 0. The molecule has 242 valence electrons. The summed E-state index contributed by atoms with van der Waals surface area (Å²) >= 11 is 0. The first-order valence-electron chi connectivity index (χ1n) is 17.2. The highest BCUT2D eigenvalue weighted by atomic mass is 16.3. The molecule has 0 saturated carbocycles. The number of furan rings is 2. The summed E-state index contributed by atoms with van der Waals surface area (Å²) in [5, 5.41) is 7.32. The molecule has 4 heterocycles. The Kier molecular flexibility index (Phi) is 6.15. The van der Waals surface area contributed by atoms with E-state index in [1.165, 1.54) is 0 Å². The maximum Gasteiger partial charge on any atom is 0.167 e. The molecule has 7 aromatic carbocycles. The maximum absolute atomic E-state index is 6.43. The Morgan fingerprint density at radius 2 is 1.00 bits per heavy atom. The van der Waals surface area contributed by atoms with Gasteiger partial charge >= 0.3 is 0 Å². The van der Waals surface area contributed by atoms with E-state index >= 15 is 0 Å². The van der Waals surface area contributed by atoms with Crippen LogP contribution in [0, 0.1) is 0 Å². The van der Waals surface area contributed by atoms with Crippen molar-refractivity contribution in [2.45, 2.75) is 0 Å². The molecule has 0 fully saturated rings. The molecule has 0 unspecified atom stereocenters. The van der Waals surface area contributed by atoms with Crippen LogP contribution >= 0.6 is 0 Å². The van der Waals surface area contributed by atoms with Gasteiger partial charge < -0.3 is 8.83 Å². The molecule has 11 aromatic rings. The van der Waals surface area contributed by atoms with E-state index in [1.54, 1.807) is 0 Å². The number of aromatic nitrogens is 4. The monoisotopic (exact) mass is 666 g/mol. The Bertz CT molecular complexity index is 3180. The van der Waals surface area contributed by atoms with Crippen LogP contribution in [0.15, 0.2) is 167 Å². The molecule has 0 spiro atoms. The predicted octanol–water partition coefficient (Wildman–Crippen LogP) is 12.0. The first-order chi connectivity index (χ1) is 25.8. The van der Waals surface area contributed by atoms with E-state index in [2.05, 4.69) is 78.9 Å². The van der Waals surface area contributed by atoms with Crippen LogP contribution in [-0.4, -0.2) is 19.9 Å². The summed E-state index contributed by atoms with van der Waals surface area (Å²) in [5.41, 5.74) is 8.66. The van der Waals surface area contributed by atoms with Crippen LogP contribution in [0.4, 0.5) is 0 Å². The summed E-state index contributed by atoms with van der Waals surface area (Å²) in [6.45, 7) is 0. The Hall–Kier alpha value is -7.18. The van der Waals surface area contributed by atoms with Crippen molar-refractivity contribution in [3.63, 3.8) is 0 Å². The van der Waals surface area contributed by atoms with Gasteiger partial charge in [0.1, 0.15) is 22.3 Å². The number of hydrogen-bond acceptors (Lipinski definition) is 6. The van der Waals surface area contributed by atoms with E-state index in [-0.39, 0.29) is 0 Å². The molecule has 4 aromatic heterocycles. The minimum atomic E-state index is 0.541. The molecule has 0 amide bonds. The minimum Gasteiger partial charge on any atom is -0.456 e. The van der Waals surface area contributed by atoms with Gasteiger partial charge in [-0.3, -0.25) is 0 Å². The van der Waals surface area contributed by atoms with Gasteiger partial charge in [-0.25, -0.2) is 19.9 Å². The number of para-hydroxylation sites is 3. The Balaban J connectivity index is 1.20. The molecule has 0 radical (unpaired) electrons. The first kappa shape index (κ1) is 28.6. The summed E-state index contributed by atoms with van der Waals surface area (Å²) < 4.78 is 12.8. The zero-order chi connectivity index (χ0) is 34.2. The highest BCUT2D eigenvalue weighted by Gasteiger charge is 2.20. The summed E-state index contributed by atoms with van der Waals surface area (Å²) in [7, 11) is 0. The van der Waals surface area contributed by atoms with Crippen molar-refractivity contribution in [2.75, 3.05) is 0 Å². The summed E-state index contributed by atoms with van der Waals surface area (Å²) in [6.07, 6.45) is 0. The summed E-state index contributed by atoms with van der Waals surface area (Å²) in [5.74, 6) is 1.68. The number of nitrogens with zero attached hydrogens (tertiary/aromatic N) is 4. The Morgan fingerprint density at radius 1 is 0.346 bits per heavy atom. The smallest absolute Gasteiger partial charge is 0.167 e. The zero-order valence-electron chi connectivity index (χ0n) is 27.6. The van der Waals surface area contributed by atoms with E-state index in [0.717, 1.165) is 93.5 Å². The van der Waals surface area contributed by atoms with E-state index in [9.17, 15) is 0 Å². The standard InChI is InChI=1S/C46H26N4O2/c1-3-12-27(13-4-1)42-33-23-25-39-41(32-17-8-10-21-38(32)51-39)40(33)35-26-29(22-24-36(35)47-42)45-48-44(28-14-5-2-6-15-28)49-46(50-45)34-19-11-18-31-30-16-7-9-20-37(30)52-43(31)34/h1-26H. The molecule has 0 bridgehead atoms. The molecule has 0 aliphatic rings. The fraction of sp³-hybridized carbons (Fsp3) is 0. The van der Waals surface area contributed by atoms with Gasteiger partial charge in [0.15, 0.2) is 17.5 Å². The van der Waals surface area contributed by atoms with E-state index in [1.807, 2.05) is 78.9 Å². The highest BCUT2D eigenvalue weighted by Crippen LogP contribution is 2.42. The van der Waals surface area contributed by atoms with Crippen molar-refractivity contribution in [1.82, 2.24) is 19.9 Å². The van der Waals surface area contributed by atoms with Crippen molar-refractivity contribution in [3.05, 3.63) is 158 Å². The van der Waals surface area contributed by atoms with Crippen LogP contribution in [0.5, 0.6) is 0 Å². The van der Waals surface area contributed by atoms with Crippen molar-refractivity contribution >= 4 is 65.6 Å². The van der Waals surface area contributed by atoms with Crippen molar-refractivity contribution < 1.29 is 8.83 Å². The van der Waals surface area contributed by atoms with Gasteiger partial charge in [-0.05, 0) is 48.5 Å². The lowest BCUT2D eigenvalue weighted by molar-refractivity contribution is 0.669. The molecule has 0 aliphatic carbocycles. The van der Waals surface area contributed by atoms with Gasteiger partial charge in [-0.1, -0.05) is 109 Å². The molecule has 0 aliphatic heterocycles. The Labute approximate surface area is 296 Å². The Morgan fingerprint density at radius 3 is 1.81 bits per heavy atom. The fourth-order valence-electron chi connectivity index (χ4n) is 7.53. The van der Waals surface area contributed by atoms with Gasteiger partial charge in [0.2, 0.25) is 0 Å². The van der Waals surface area contributed by atoms with Gasteiger partial charge in [0, 0.05) is 54.4 Å². The molecular formula is C46H26N4O2. The quantitative estimate of drug-likeness (QED) is 0.174. The highest BCUT2D eigenvalue weighted by molar-refractivity contribution is 6.28. The number of fused-ring (bicyclic) bond motifs is 10. The molecule has 0 atom stereocenters. The maximum atomic E-state index is 6.43. The molecule has 6 nitrogen and oxygen atoms in total. The zero-order valence-corrected chi connectivity index (χ0v) is 27.6. The lowest BCUT2D eigenvalue weighted by Crippen LogP contribution is -2.00. The minimum absolute atomic E-state index is 0.541. The second-order valence-corrected chi connectivity index (χ2v) is 13.0. The average molecular weight is 667 g/mol. The molecule has 0 saturated heterocycles. The number of pyridine rings is 1. The SMILES string of the molecule is c1ccc(-c2nc(-c3ccc4nc(-c5ccccc5)c5ccc6oc7ccccc7c6c5c4c3)nc(-c3cccc4c3oc3ccccc34)n2)cc1. The number of rotatable bonds is 4. The van der Waals surface area contributed by atoms with Gasteiger partial charge in [-0.15, -0.1) is 0 Å². The van der Waals surface area contributed by atoms with Crippen molar-refractivity contribution in [2.24, 2.45) is 0 Å². The predicted molar refractivity (Wildman–Crippen MR) is 209 cm³/mol. The lowest BCUT2D eigenvalue weighted by Gasteiger charge is -2.13. The average Bonchev–Trinajstić information content (AvgIpc) is 3.79. The molecule has 52 heavy (non-hydrogen) atoms. The van der Waals surface area contributed by atoms with E-state index in [4.69, 9.17) is 28.8 Å². The third-order valence-corrected chi connectivity index (χ3v) is 9.91. The third kappa shape index (κ3) is 4.38. The molecule has 11 rings (SSSR count). The summed E-state index contributed by atoms with van der Waals surface area (Å²) in [4.78, 5) is 20.5. The van der Waals surface area contributed by atoms with E-state index in [0.29, 0.717) is 17.5 Å². The first-order valence-corrected chi connectivity index (χ1v) is 17.2. The van der Waals surface area contributed by atoms with Gasteiger partial charge in [0.05, 0.1) is 16.8 Å². The summed E-state index contributed by atoms with van der Waals surface area (Å²) in [6, 6.07) is 53.3. The van der Waals surface area contributed by atoms with E-state index < -0.39 is 0 Å². The van der Waals surface area contributed by atoms with Gasteiger partial charge in [-0.2, -0.15) is 0 Å². The van der Waals surface area contributed by atoms with Crippen LogP contribution in [0.3, 0.4) is 0 Å². The molecule has 6 heteroatoms. The lowest BCUT2D eigenvalue weighted by atomic mass is 9.95. The largest absolute Gasteiger partial charge is 0.456 e. The number of benzene rings is 7. The molecule has 0 N–H and O–H groups in total. The van der Waals surface area contributed by atoms with Crippen LogP contribution in [0.1, 0.15) is 0 Å². The normalized spacial score (nSPS) is 11.8. The van der Waals surface area contributed by atoms with Crippen LogP contribution < -0.4 is 0 Å². The van der Waals surface area contributed by atoms with Crippen LogP contribution in [0.2, 0.25) is 0 Å². The second-order valence-electron chi connectivity index (χ2n) is 13.0. The van der Waals surface area contributed by atoms with Crippen molar-refractivity contribution in [1.29, 1.82) is 0 Å². The second kappa shape index (κ2) is 11.2.